The number of nitriles is 1. The summed E-state index contributed by atoms with van der Waals surface area (Å²) in [5, 5.41) is 14.9. The van der Waals surface area contributed by atoms with Crippen molar-refractivity contribution in [3.63, 3.8) is 0 Å². The van der Waals surface area contributed by atoms with Gasteiger partial charge >= 0.3 is 0 Å². The first kappa shape index (κ1) is 19.8. The minimum atomic E-state index is -3.86. The molecule has 0 amide bonds. The van der Waals surface area contributed by atoms with Gasteiger partial charge in [0.2, 0.25) is 10.0 Å². The third-order valence-corrected chi connectivity index (χ3v) is 5.70. The Morgan fingerprint density at radius 3 is 2.21 bits per heavy atom. The van der Waals surface area contributed by atoms with Gasteiger partial charge in [-0.1, -0.05) is 29.8 Å². The number of hydrogen-bond donors (Lipinski definition) is 1. The fourth-order valence-electron chi connectivity index (χ4n) is 2.67. The maximum Gasteiger partial charge on any atom is 0.277 e. The molecule has 0 radical (unpaired) electrons. The molecule has 1 aromatic heterocycles. The zero-order chi connectivity index (χ0) is 20.5. The van der Waals surface area contributed by atoms with Crippen LogP contribution in [0.4, 0.5) is 0 Å². The molecule has 0 aliphatic carbocycles. The maximum atomic E-state index is 13.1. The first-order valence-corrected chi connectivity index (χ1v) is 10.8. The van der Waals surface area contributed by atoms with Crippen molar-refractivity contribution in [3.8, 4) is 23.1 Å². The molecule has 3 rings (SSSR count). The Kier molecular flexibility index (Phi) is 5.38. The highest BCUT2D eigenvalue weighted by Gasteiger charge is 2.19. The summed E-state index contributed by atoms with van der Waals surface area (Å²) in [6.07, 6.45) is 1.74. The molecule has 9 heteroatoms. The van der Waals surface area contributed by atoms with Gasteiger partial charge in [-0.15, -0.1) is 11.8 Å². The lowest BCUT2D eigenvalue weighted by molar-refractivity contribution is 0.598. The summed E-state index contributed by atoms with van der Waals surface area (Å²) in [6, 6.07) is 14.9. The maximum absolute atomic E-state index is 13.1. The number of sulfonamides is 1. The van der Waals surface area contributed by atoms with Crippen molar-refractivity contribution >= 4 is 21.8 Å². The van der Waals surface area contributed by atoms with Gasteiger partial charge in [0.1, 0.15) is 22.5 Å². The molecule has 28 heavy (non-hydrogen) atoms. The SMILES string of the molecule is CSc1nc(-c2ccc(C)cc2)n(-c2ccc(S(N)(=O)=O)cc2)c(=O)c1C#N. The zero-order valence-corrected chi connectivity index (χ0v) is 16.7. The van der Waals surface area contributed by atoms with E-state index in [-0.39, 0.29) is 10.5 Å². The second kappa shape index (κ2) is 7.59. The Balaban J connectivity index is 2.34. The average Bonchev–Trinajstić information content (AvgIpc) is 2.67. The van der Waals surface area contributed by atoms with Gasteiger partial charge in [0.25, 0.3) is 5.56 Å². The van der Waals surface area contributed by atoms with E-state index >= 15 is 0 Å². The summed E-state index contributed by atoms with van der Waals surface area (Å²) in [5.41, 5.74) is 1.52. The van der Waals surface area contributed by atoms with Gasteiger partial charge in [-0.2, -0.15) is 5.26 Å². The topological polar surface area (TPSA) is 119 Å². The zero-order valence-electron chi connectivity index (χ0n) is 15.1. The van der Waals surface area contributed by atoms with Crippen LogP contribution in [0.1, 0.15) is 11.1 Å². The van der Waals surface area contributed by atoms with E-state index in [9.17, 15) is 18.5 Å². The molecule has 0 saturated heterocycles. The van der Waals surface area contributed by atoms with E-state index in [1.807, 2.05) is 37.3 Å². The molecule has 0 bridgehead atoms. The van der Waals surface area contributed by atoms with E-state index in [0.29, 0.717) is 22.1 Å². The number of aromatic nitrogens is 2. The van der Waals surface area contributed by atoms with Crippen LogP contribution in [0.5, 0.6) is 0 Å². The number of aryl methyl sites for hydroxylation is 1. The van der Waals surface area contributed by atoms with Gasteiger partial charge in [-0.3, -0.25) is 9.36 Å². The van der Waals surface area contributed by atoms with Gasteiger partial charge in [0.15, 0.2) is 0 Å². The molecular weight excluding hydrogens is 396 g/mol. The number of rotatable bonds is 4. The van der Waals surface area contributed by atoms with Crippen LogP contribution in [-0.2, 0) is 10.0 Å². The molecule has 2 N–H and O–H groups in total. The van der Waals surface area contributed by atoms with E-state index in [2.05, 4.69) is 4.98 Å². The van der Waals surface area contributed by atoms with Crippen molar-refractivity contribution < 1.29 is 8.42 Å². The molecule has 7 nitrogen and oxygen atoms in total. The largest absolute Gasteiger partial charge is 0.277 e. The second-order valence-electron chi connectivity index (χ2n) is 5.98. The molecule has 0 unspecified atom stereocenters. The monoisotopic (exact) mass is 412 g/mol. The average molecular weight is 412 g/mol. The van der Waals surface area contributed by atoms with Crippen LogP contribution >= 0.6 is 11.8 Å². The van der Waals surface area contributed by atoms with Crippen LogP contribution in [0.3, 0.4) is 0 Å². The second-order valence-corrected chi connectivity index (χ2v) is 8.33. The van der Waals surface area contributed by atoms with Crippen molar-refractivity contribution in [2.75, 3.05) is 6.26 Å². The smallest absolute Gasteiger partial charge is 0.267 e. The van der Waals surface area contributed by atoms with Crippen molar-refractivity contribution in [3.05, 3.63) is 70.0 Å². The molecule has 0 aliphatic heterocycles. The van der Waals surface area contributed by atoms with Crippen molar-refractivity contribution in [1.29, 1.82) is 5.26 Å². The number of thioether (sulfide) groups is 1. The van der Waals surface area contributed by atoms with Gasteiger partial charge in [-0.25, -0.2) is 18.5 Å². The minimum Gasteiger partial charge on any atom is -0.267 e. The van der Waals surface area contributed by atoms with E-state index in [1.165, 1.54) is 40.6 Å². The minimum absolute atomic E-state index is 0.0705. The van der Waals surface area contributed by atoms with Crippen molar-refractivity contribution in [1.82, 2.24) is 9.55 Å². The third kappa shape index (κ3) is 3.71. The number of primary sulfonamides is 1. The molecule has 0 atom stereocenters. The number of benzene rings is 2. The molecule has 0 fully saturated rings. The summed E-state index contributed by atoms with van der Waals surface area (Å²) in [4.78, 5) is 17.5. The van der Waals surface area contributed by atoms with Crippen LogP contribution in [0.2, 0.25) is 0 Å². The van der Waals surface area contributed by atoms with Crippen molar-refractivity contribution in [2.24, 2.45) is 5.14 Å². The van der Waals surface area contributed by atoms with Crippen LogP contribution in [0.25, 0.3) is 17.1 Å². The van der Waals surface area contributed by atoms with Crippen LogP contribution < -0.4 is 10.7 Å². The Labute approximate surface area is 166 Å². The number of hydrogen-bond acceptors (Lipinski definition) is 6. The highest BCUT2D eigenvalue weighted by molar-refractivity contribution is 7.98. The third-order valence-electron chi connectivity index (χ3n) is 4.09. The number of nitrogens with two attached hydrogens (primary N) is 1. The Morgan fingerprint density at radius 2 is 1.71 bits per heavy atom. The first-order valence-electron chi connectivity index (χ1n) is 8.07. The van der Waals surface area contributed by atoms with Gasteiger partial charge in [0.05, 0.1) is 10.6 Å². The van der Waals surface area contributed by atoms with E-state index in [4.69, 9.17) is 5.14 Å². The fourth-order valence-corrected chi connectivity index (χ4v) is 3.70. The lowest BCUT2D eigenvalue weighted by Gasteiger charge is -2.15. The molecule has 3 aromatic rings. The van der Waals surface area contributed by atoms with Gasteiger partial charge in [0, 0.05) is 5.56 Å². The molecule has 0 spiro atoms. The molecule has 0 saturated carbocycles. The molecule has 2 aromatic carbocycles. The van der Waals surface area contributed by atoms with Crippen LogP contribution in [0, 0.1) is 18.3 Å². The Morgan fingerprint density at radius 1 is 1.11 bits per heavy atom. The van der Waals surface area contributed by atoms with Gasteiger partial charge < -0.3 is 0 Å². The molecule has 142 valence electrons. The first-order chi connectivity index (χ1) is 13.3. The van der Waals surface area contributed by atoms with E-state index in [1.54, 1.807) is 6.26 Å². The Hall–Kier alpha value is -2.93. The highest BCUT2D eigenvalue weighted by atomic mass is 32.2. The predicted molar refractivity (Wildman–Crippen MR) is 108 cm³/mol. The van der Waals surface area contributed by atoms with Crippen molar-refractivity contribution in [2.45, 2.75) is 16.8 Å². The summed E-state index contributed by atoms with van der Waals surface area (Å²) in [5.74, 6) is 0.358. The fraction of sp³-hybridized carbons (Fsp3) is 0.105. The lowest BCUT2D eigenvalue weighted by atomic mass is 10.1. The lowest BCUT2D eigenvalue weighted by Crippen LogP contribution is -2.25. The van der Waals surface area contributed by atoms with E-state index < -0.39 is 15.6 Å². The standard InChI is InChI=1S/C19H16N4O3S2/c1-12-3-5-13(6-4-12)17-22-18(27-2)16(11-20)19(24)23(17)14-7-9-15(10-8-14)28(21,25)26/h3-10H,1-2H3,(H2,21,25,26). The summed E-state index contributed by atoms with van der Waals surface area (Å²) in [7, 11) is -3.86. The highest BCUT2D eigenvalue weighted by Crippen LogP contribution is 2.25. The van der Waals surface area contributed by atoms with Crippen LogP contribution in [-0.4, -0.2) is 24.2 Å². The Bertz CT molecular complexity index is 1240. The summed E-state index contributed by atoms with van der Waals surface area (Å²) >= 11 is 1.21. The number of nitrogens with zero attached hydrogens (tertiary/aromatic N) is 3. The normalized spacial score (nSPS) is 11.2. The quantitative estimate of drug-likeness (QED) is 0.519. The molecular formula is C19H16N4O3S2. The predicted octanol–water partition coefficient (Wildman–Crippen LogP) is 2.45. The molecule has 0 aliphatic rings. The molecule has 1 heterocycles. The summed E-state index contributed by atoms with van der Waals surface area (Å²) < 4.78 is 24.3. The van der Waals surface area contributed by atoms with E-state index in [0.717, 1.165) is 5.56 Å². The van der Waals surface area contributed by atoms with Gasteiger partial charge in [-0.05, 0) is 37.4 Å². The van der Waals surface area contributed by atoms with Crippen LogP contribution in [0.15, 0.2) is 63.2 Å². The summed E-state index contributed by atoms with van der Waals surface area (Å²) in [6.45, 7) is 1.95.